The van der Waals surface area contributed by atoms with E-state index in [9.17, 15) is 0 Å². The molecule has 0 aromatic heterocycles. The van der Waals surface area contributed by atoms with Gasteiger partial charge in [-0.3, -0.25) is 0 Å². The minimum absolute atomic E-state index is 0.389. The zero-order valence-corrected chi connectivity index (χ0v) is 15.9. The van der Waals surface area contributed by atoms with Crippen LogP contribution < -0.4 is 0 Å². The standard InChI is InChI=1S/C21H18Br2/c22-20-12-16(14-7-3-1-4-8-14)18-11-19(20)17(13-21(18)23)15-9-5-2-6-10-15/h1-10,12-13,18-21H,11H2/t18-,19-,20+,21+/m0/s1. The van der Waals surface area contributed by atoms with Crippen LogP contribution in [0.4, 0.5) is 0 Å². The third-order valence-corrected chi connectivity index (χ3v) is 6.77. The monoisotopic (exact) mass is 428 g/mol. The average Bonchev–Trinajstić information content (AvgIpc) is 2.61. The molecule has 0 amide bonds. The molecule has 0 N–H and O–H groups in total. The lowest BCUT2D eigenvalue weighted by atomic mass is 9.69. The highest BCUT2D eigenvalue weighted by Crippen LogP contribution is 2.50. The van der Waals surface area contributed by atoms with Crippen LogP contribution in [0, 0.1) is 11.8 Å². The maximum absolute atomic E-state index is 3.94. The molecule has 2 aliphatic rings. The van der Waals surface area contributed by atoms with Crippen molar-refractivity contribution >= 4 is 43.0 Å². The van der Waals surface area contributed by atoms with Gasteiger partial charge in [0.05, 0.1) is 0 Å². The van der Waals surface area contributed by atoms with Gasteiger partial charge in [0.15, 0.2) is 0 Å². The van der Waals surface area contributed by atoms with E-state index < -0.39 is 0 Å². The van der Waals surface area contributed by atoms with Crippen molar-refractivity contribution in [1.29, 1.82) is 0 Å². The molecule has 0 radical (unpaired) electrons. The Hall–Kier alpha value is -1.12. The van der Waals surface area contributed by atoms with E-state index >= 15 is 0 Å². The number of alkyl halides is 2. The van der Waals surface area contributed by atoms with Gasteiger partial charge in [-0.25, -0.2) is 0 Å². The van der Waals surface area contributed by atoms with E-state index in [0.717, 1.165) is 0 Å². The van der Waals surface area contributed by atoms with Gasteiger partial charge in [-0.2, -0.15) is 0 Å². The van der Waals surface area contributed by atoms with Crippen molar-refractivity contribution < 1.29 is 0 Å². The Morgan fingerprint density at radius 2 is 1.00 bits per heavy atom. The number of hydrogen-bond acceptors (Lipinski definition) is 0. The summed E-state index contributed by atoms with van der Waals surface area (Å²) in [6.45, 7) is 0. The van der Waals surface area contributed by atoms with Crippen molar-refractivity contribution in [3.05, 3.63) is 83.9 Å². The number of hydrogen-bond donors (Lipinski definition) is 0. The Bertz CT molecular complexity index is 680. The summed E-state index contributed by atoms with van der Waals surface area (Å²) in [5.41, 5.74) is 5.63. The molecule has 116 valence electrons. The summed E-state index contributed by atoms with van der Waals surface area (Å²) in [6.07, 6.45) is 6.05. The molecule has 4 rings (SSSR count). The summed E-state index contributed by atoms with van der Waals surface area (Å²) >= 11 is 7.88. The van der Waals surface area contributed by atoms with E-state index in [1.165, 1.54) is 28.7 Å². The molecular weight excluding hydrogens is 412 g/mol. The second-order valence-electron chi connectivity index (χ2n) is 6.31. The first-order valence-corrected chi connectivity index (χ1v) is 9.89. The van der Waals surface area contributed by atoms with Crippen molar-refractivity contribution in [2.24, 2.45) is 11.8 Å². The molecule has 2 heteroatoms. The molecular formula is C21H18Br2. The smallest absolute Gasteiger partial charge is 0.0400 e. The van der Waals surface area contributed by atoms with E-state index in [4.69, 9.17) is 0 Å². The maximum Gasteiger partial charge on any atom is 0.0400 e. The summed E-state index contributed by atoms with van der Waals surface area (Å²) in [7, 11) is 0. The fourth-order valence-corrected chi connectivity index (χ4v) is 5.41. The molecule has 4 atom stereocenters. The second-order valence-corrected chi connectivity index (χ2v) is 8.43. The molecule has 0 saturated heterocycles. The highest BCUT2D eigenvalue weighted by molar-refractivity contribution is 9.10. The minimum Gasteiger partial charge on any atom is -0.0838 e. The van der Waals surface area contributed by atoms with E-state index in [2.05, 4.69) is 105 Å². The summed E-state index contributed by atoms with van der Waals surface area (Å²) < 4.78 is 0. The molecule has 2 aromatic carbocycles. The lowest BCUT2D eigenvalue weighted by Gasteiger charge is -2.41. The van der Waals surface area contributed by atoms with E-state index in [1.54, 1.807) is 0 Å². The Balaban J connectivity index is 1.74. The Labute approximate surface area is 154 Å². The predicted molar refractivity (Wildman–Crippen MR) is 106 cm³/mol. The molecule has 2 aliphatic carbocycles. The minimum atomic E-state index is 0.389. The quantitative estimate of drug-likeness (QED) is 0.489. The zero-order chi connectivity index (χ0) is 15.8. The van der Waals surface area contributed by atoms with Crippen LogP contribution in [0.15, 0.2) is 72.8 Å². The lowest BCUT2D eigenvalue weighted by molar-refractivity contribution is 0.489. The molecule has 0 unspecified atom stereocenters. The first kappa shape index (κ1) is 15.4. The van der Waals surface area contributed by atoms with Gasteiger partial charge in [0.1, 0.15) is 0 Å². The van der Waals surface area contributed by atoms with Crippen LogP contribution in [-0.4, -0.2) is 9.65 Å². The predicted octanol–water partition coefficient (Wildman–Crippen LogP) is 6.33. The molecule has 0 spiro atoms. The summed E-state index contributed by atoms with van der Waals surface area (Å²) in [5, 5.41) is 0. The topological polar surface area (TPSA) is 0 Å². The van der Waals surface area contributed by atoms with Crippen molar-refractivity contribution in [2.75, 3.05) is 0 Å². The van der Waals surface area contributed by atoms with Crippen LogP contribution in [-0.2, 0) is 0 Å². The van der Waals surface area contributed by atoms with Gasteiger partial charge in [0.2, 0.25) is 0 Å². The summed E-state index contributed by atoms with van der Waals surface area (Å²) in [4.78, 5) is 0.779. The number of allylic oxidation sites excluding steroid dienone is 4. The number of benzene rings is 2. The normalized spacial score (nSPS) is 29.7. The SMILES string of the molecule is Br[C@@H]1C=C(c2ccccc2)[C@@H]2C[C@H]1C(c1ccccc1)=C[C@H]2Br. The van der Waals surface area contributed by atoms with Gasteiger partial charge in [0.25, 0.3) is 0 Å². The lowest BCUT2D eigenvalue weighted by Crippen LogP contribution is -2.33. The van der Waals surface area contributed by atoms with Gasteiger partial charge in [-0.15, -0.1) is 0 Å². The molecule has 0 nitrogen and oxygen atoms in total. The van der Waals surface area contributed by atoms with Crippen LogP contribution in [0.5, 0.6) is 0 Å². The van der Waals surface area contributed by atoms with Gasteiger partial charge >= 0.3 is 0 Å². The van der Waals surface area contributed by atoms with Crippen LogP contribution >= 0.6 is 31.9 Å². The van der Waals surface area contributed by atoms with Crippen LogP contribution in [0.25, 0.3) is 11.1 Å². The van der Waals surface area contributed by atoms with E-state index in [1.807, 2.05) is 0 Å². The number of fused-ring (bicyclic) bond motifs is 2. The third-order valence-electron chi connectivity index (χ3n) is 4.97. The fraction of sp³-hybridized carbons (Fsp3) is 0.238. The number of rotatable bonds is 2. The molecule has 2 bridgehead atoms. The molecule has 0 aliphatic heterocycles. The molecule has 23 heavy (non-hydrogen) atoms. The second kappa shape index (κ2) is 6.41. The zero-order valence-electron chi connectivity index (χ0n) is 12.7. The van der Waals surface area contributed by atoms with Gasteiger partial charge in [-0.05, 0) is 28.7 Å². The molecule has 2 aromatic rings. The Morgan fingerprint density at radius 3 is 1.39 bits per heavy atom. The van der Waals surface area contributed by atoms with Crippen molar-refractivity contribution in [3.8, 4) is 0 Å². The van der Waals surface area contributed by atoms with E-state index in [-0.39, 0.29) is 0 Å². The highest BCUT2D eigenvalue weighted by atomic mass is 79.9. The van der Waals surface area contributed by atoms with Crippen molar-refractivity contribution in [2.45, 2.75) is 16.1 Å². The first-order chi connectivity index (χ1) is 11.2. The van der Waals surface area contributed by atoms with Crippen LogP contribution in [0.2, 0.25) is 0 Å². The van der Waals surface area contributed by atoms with Crippen LogP contribution in [0.3, 0.4) is 0 Å². The Morgan fingerprint density at radius 1 is 0.609 bits per heavy atom. The molecule has 0 saturated carbocycles. The molecule has 0 heterocycles. The largest absolute Gasteiger partial charge is 0.0838 e. The summed E-state index contributed by atoms with van der Waals surface area (Å²) in [5.74, 6) is 1.09. The van der Waals surface area contributed by atoms with Crippen LogP contribution in [0.1, 0.15) is 17.5 Å². The van der Waals surface area contributed by atoms with Gasteiger partial charge < -0.3 is 0 Å². The van der Waals surface area contributed by atoms with Crippen molar-refractivity contribution in [1.82, 2.24) is 0 Å². The fourth-order valence-electron chi connectivity index (χ4n) is 3.83. The average molecular weight is 430 g/mol. The first-order valence-electron chi connectivity index (χ1n) is 8.06. The van der Waals surface area contributed by atoms with Gasteiger partial charge in [0, 0.05) is 21.5 Å². The third kappa shape index (κ3) is 2.88. The van der Waals surface area contributed by atoms with Gasteiger partial charge in [-0.1, -0.05) is 105 Å². The summed E-state index contributed by atoms with van der Waals surface area (Å²) in [6, 6.07) is 21.6. The Kier molecular flexibility index (Phi) is 4.29. The number of halogens is 2. The van der Waals surface area contributed by atoms with Crippen molar-refractivity contribution in [3.63, 3.8) is 0 Å². The highest BCUT2D eigenvalue weighted by Gasteiger charge is 2.39. The molecule has 0 fully saturated rings. The van der Waals surface area contributed by atoms with E-state index in [0.29, 0.717) is 21.5 Å². The maximum atomic E-state index is 3.94.